The maximum Gasteiger partial charge on any atom is 0.224 e. The van der Waals surface area contributed by atoms with Gasteiger partial charge in [-0.25, -0.2) is 0 Å². The zero-order valence-electron chi connectivity index (χ0n) is 13.4. The molecule has 0 saturated carbocycles. The molecule has 24 heavy (non-hydrogen) atoms. The monoisotopic (exact) mass is 343 g/mol. The molecule has 1 aromatic carbocycles. The second kappa shape index (κ2) is 10.3. The summed E-state index contributed by atoms with van der Waals surface area (Å²) < 4.78 is 5.24. The largest absolute Gasteiger partial charge is 0.468 e. The predicted molar refractivity (Wildman–Crippen MR) is 100 cm³/mol. The van der Waals surface area contributed by atoms with Crippen LogP contribution >= 0.6 is 11.8 Å². The molecule has 0 unspecified atom stereocenters. The summed E-state index contributed by atoms with van der Waals surface area (Å²) in [7, 11) is 0. The van der Waals surface area contributed by atoms with Crippen molar-refractivity contribution in [2.75, 3.05) is 17.7 Å². The van der Waals surface area contributed by atoms with Gasteiger partial charge in [0.05, 0.1) is 30.3 Å². The lowest BCUT2D eigenvalue weighted by molar-refractivity contribution is -0.120. The zero-order valence-corrected chi connectivity index (χ0v) is 14.2. The highest BCUT2D eigenvalue weighted by atomic mass is 32.2. The van der Waals surface area contributed by atoms with Crippen molar-refractivity contribution in [3.05, 3.63) is 66.6 Å². The molecule has 0 aliphatic heterocycles. The van der Waals surface area contributed by atoms with Gasteiger partial charge in [-0.2, -0.15) is 16.9 Å². The number of nitrogens with one attached hydrogen (secondary N) is 2. The minimum Gasteiger partial charge on any atom is -0.468 e. The zero-order chi connectivity index (χ0) is 17.0. The summed E-state index contributed by atoms with van der Waals surface area (Å²) in [6.45, 7) is 4.46. The van der Waals surface area contributed by atoms with Crippen molar-refractivity contribution in [3.63, 3.8) is 0 Å². The number of nitrogens with zero attached hydrogens (tertiary/aromatic N) is 1. The predicted octanol–water partition coefficient (Wildman–Crippen LogP) is 3.67. The molecule has 1 aromatic heterocycles. The van der Waals surface area contributed by atoms with Crippen LogP contribution in [-0.2, 0) is 10.5 Å². The summed E-state index contributed by atoms with van der Waals surface area (Å²) in [5.41, 5.74) is 4.43. The van der Waals surface area contributed by atoms with Crippen LogP contribution in [0.25, 0.3) is 0 Å². The van der Waals surface area contributed by atoms with Crippen LogP contribution in [0.5, 0.6) is 0 Å². The van der Waals surface area contributed by atoms with Gasteiger partial charge >= 0.3 is 0 Å². The first kappa shape index (κ1) is 17.9. The summed E-state index contributed by atoms with van der Waals surface area (Å²) in [5, 5.41) is 6.93. The van der Waals surface area contributed by atoms with E-state index in [2.05, 4.69) is 22.4 Å². The quantitative estimate of drug-likeness (QED) is 0.392. The van der Waals surface area contributed by atoms with Crippen LogP contribution in [-0.4, -0.2) is 24.4 Å². The Morgan fingerprint density at radius 1 is 1.25 bits per heavy atom. The summed E-state index contributed by atoms with van der Waals surface area (Å²) in [6.07, 6.45) is 3.47. The number of furan rings is 1. The van der Waals surface area contributed by atoms with Crippen molar-refractivity contribution >= 4 is 29.6 Å². The minimum absolute atomic E-state index is 0.0511. The number of thioether (sulfide) groups is 1. The van der Waals surface area contributed by atoms with Crippen molar-refractivity contribution in [1.82, 2.24) is 5.32 Å². The normalized spacial score (nSPS) is 10.7. The third-order valence-corrected chi connectivity index (χ3v) is 3.98. The summed E-state index contributed by atoms with van der Waals surface area (Å²) in [6, 6.07) is 13.4. The van der Waals surface area contributed by atoms with Gasteiger partial charge in [-0.3, -0.25) is 10.2 Å². The van der Waals surface area contributed by atoms with Crippen molar-refractivity contribution in [1.29, 1.82) is 0 Å². The van der Waals surface area contributed by atoms with E-state index in [0.717, 1.165) is 23.0 Å². The van der Waals surface area contributed by atoms with Crippen LogP contribution in [0.1, 0.15) is 12.2 Å². The van der Waals surface area contributed by atoms with E-state index < -0.39 is 0 Å². The lowest BCUT2D eigenvalue weighted by Gasteiger charge is -2.05. The number of carbonyl (C=O) groups is 1. The number of anilines is 1. The highest BCUT2D eigenvalue weighted by Crippen LogP contribution is 2.11. The Balaban J connectivity index is 1.55. The number of amides is 1. The highest BCUT2D eigenvalue weighted by molar-refractivity contribution is 7.98. The third kappa shape index (κ3) is 7.19. The Hall–Kier alpha value is -2.47. The molecule has 2 N–H and O–H groups in total. The number of rotatable bonds is 10. The van der Waals surface area contributed by atoms with E-state index in [-0.39, 0.29) is 12.3 Å². The average Bonchev–Trinajstić information content (AvgIpc) is 3.09. The second-order valence-corrected chi connectivity index (χ2v) is 6.16. The van der Waals surface area contributed by atoms with Gasteiger partial charge in [-0.1, -0.05) is 24.8 Å². The maximum absolute atomic E-state index is 11.8. The molecular formula is C18H21N3O2S. The van der Waals surface area contributed by atoms with Crippen LogP contribution < -0.4 is 10.7 Å². The van der Waals surface area contributed by atoms with E-state index in [1.54, 1.807) is 24.2 Å². The Bertz CT molecular complexity index is 654. The molecule has 0 aliphatic carbocycles. The Labute approximate surface area is 146 Å². The standard InChI is InChI=1S/C18H21N3O2S/c1-15(13-20-21-16-6-3-2-4-7-16)12-18(22)19-9-11-24-14-17-8-5-10-23-17/h2-8,10,13,21H,1,9,11-12,14H2,(H,19,22)/b20-13-. The van der Waals surface area contributed by atoms with Crippen molar-refractivity contribution in [2.24, 2.45) is 5.10 Å². The molecule has 2 aromatic rings. The van der Waals surface area contributed by atoms with Gasteiger partial charge in [0.1, 0.15) is 5.76 Å². The van der Waals surface area contributed by atoms with E-state index in [9.17, 15) is 4.79 Å². The molecule has 1 heterocycles. The van der Waals surface area contributed by atoms with E-state index in [1.807, 2.05) is 42.5 Å². The van der Waals surface area contributed by atoms with Crippen LogP contribution in [0.3, 0.4) is 0 Å². The molecule has 0 aliphatic rings. The number of carbonyl (C=O) groups excluding carboxylic acids is 1. The Morgan fingerprint density at radius 3 is 2.83 bits per heavy atom. The van der Waals surface area contributed by atoms with Crippen molar-refractivity contribution < 1.29 is 9.21 Å². The molecule has 126 valence electrons. The fourth-order valence-corrected chi connectivity index (χ4v) is 2.61. The fraction of sp³-hybridized carbons (Fsp3) is 0.222. The summed E-state index contributed by atoms with van der Waals surface area (Å²) in [4.78, 5) is 11.8. The number of hydrogen-bond acceptors (Lipinski definition) is 5. The minimum atomic E-state index is -0.0511. The molecule has 0 radical (unpaired) electrons. The van der Waals surface area contributed by atoms with Gasteiger partial charge in [0.15, 0.2) is 0 Å². The van der Waals surface area contributed by atoms with E-state index in [1.165, 1.54) is 0 Å². The molecule has 0 saturated heterocycles. The van der Waals surface area contributed by atoms with Gasteiger partial charge in [0.25, 0.3) is 0 Å². The summed E-state index contributed by atoms with van der Waals surface area (Å²) in [5.74, 6) is 2.54. The number of para-hydroxylation sites is 1. The molecule has 0 atom stereocenters. The van der Waals surface area contributed by atoms with Gasteiger partial charge in [-0.05, 0) is 29.8 Å². The molecule has 6 heteroatoms. The van der Waals surface area contributed by atoms with Crippen molar-refractivity contribution in [2.45, 2.75) is 12.2 Å². The van der Waals surface area contributed by atoms with E-state index in [0.29, 0.717) is 12.1 Å². The van der Waals surface area contributed by atoms with Crippen LogP contribution in [0.15, 0.2) is 70.4 Å². The van der Waals surface area contributed by atoms with E-state index in [4.69, 9.17) is 4.42 Å². The van der Waals surface area contributed by atoms with Gasteiger partial charge in [0.2, 0.25) is 5.91 Å². The molecule has 2 rings (SSSR count). The molecule has 1 amide bonds. The SMILES string of the molecule is C=C(/C=N\Nc1ccccc1)CC(=O)NCCSCc1ccco1. The third-order valence-electron chi connectivity index (χ3n) is 3.00. The highest BCUT2D eigenvalue weighted by Gasteiger charge is 2.02. The Morgan fingerprint density at radius 2 is 2.08 bits per heavy atom. The Kier molecular flexibility index (Phi) is 7.70. The lowest BCUT2D eigenvalue weighted by atomic mass is 10.2. The molecule has 0 spiro atoms. The molecular weight excluding hydrogens is 322 g/mol. The maximum atomic E-state index is 11.8. The first-order valence-electron chi connectivity index (χ1n) is 7.63. The van der Waals surface area contributed by atoms with Crippen LogP contribution in [0.2, 0.25) is 0 Å². The first-order valence-corrected chi connectivity index (χ1v) is 8.78. The van der Waals surface area contributed by atoms with Gasteiger partial charge in [-0.15, -0.1) is 0 Å². The molecule has 0 fully saturated rings. The van der Waals surface area contributed by atoms with Gasteiger partial charge in [0, 0.05) is 12.3 Å². The van der Waals surface area contributed by atoms with Gasteiger partial charge < -0.3 is 9.73 Å². The lowest BCUT2D eigenvalue weighted by Crippen LogP contribution is -2.26. The fourth-order valence-electron chi connectivity index (χ4n) is 1.86. The van der Waals surface area contributed by atoms with Crippen LogP contribution in [0, 0.1) is 0 Å². The topological polar surface area (TPSA) is 66.6 Å². The molecule has 5 nitrogen and oxygen atoms in total. The number of benzene rings is 1. The average molecular weight is 343 g/mol. The van der Waals surface area contributed by atoms with Crippen LogP contribution in [0.4, 0.5) is 5.69 Å². The number of hydrazone groups is 1. The van der Waals surface area contributed by atoms with Crippen molar-refractivity contribution in [3.8, 4) is 0 Å². The second-order valence-electron chi connectivity index (χ2n) is 5.05. The molecule has 0 bridgehead atoms. The summed E-state index contributed by atoms with van der Waals surface area (Å²) >= 11 is 1.72. The van der Waals surface area contributed by atoms with E-state index >= 15 is 0 Å². The number of hydrogen-bond donors (Lipinski definition) is 2. The smallest absolute Gasteiger partial charge is 0.224 e. The first-order chi connectivity index (χ1) is 11.7.